The number of carboxylic acids is 1. The summed E-state index contributed by atoms with van der Waals surface area (Å²) in [7, 11) is 0. The molecule has 224 valence electrons. The molecule has 0 fully saturated rings. The van der Waals surface area contributed by atoms with Gasteiger partial charge in [-0.05, 0) is 84.8 Å². The minimum atomic E-state index is -1.05. The van der Waals surface area contributed by atoms with E-state index in [0.717, 1.165) is 4.90 Å². The third kappa shape index (κ3) is 8.97. The van der Waals surface area contributed by atoms with Crippen LogP contribution in [0.5, 0.6) is 0 Å². The molecule has 0 saturated carbocycles. The maximum absolute atomic E-state index is 13.5. The standard InChI is InChI=1S/C33H27Cl2N3O5S/c1-2-29(32(41)36-24-15-12-21(13-16-24)33(42)43)44-26-10-6-9-25(19-26)37-31(40)28(17-22-11-14-23(34)18-27(22)35)38-30(39)20-7-4-3-5-8-20/h3-19,29H,2H2,1H3,(H,36,41)(H,37,40)(H,38,39)(H,42,43)/b28-17+. The average molecular weight is 649 g/mol. The highest BCUT2D eigenvalue weighted by atomic mass is 35.5. The van der Waals surface area contributed by atoms with Crippen molar-refractivity contribution in [2.24, 2.45) is 0 Å². The molecule has 0 aliphatic heterocycles. The predicted molar refractivity (Wildman–Crippen MR) is 175 cm³/mol. The van der Waals surface area contributed by atoms with E-state index in [4.69, 9.17) is 28.3 Å². The normalized spacial score (nSPS) is 11.8. The minimum absolute atomic E-state index is 0.0409. The third-order valence-corrected chi connectivity index (χ3v) is 8.14. The summed E-state index contributed by atoms with van der Waals surface area (Å²) in [5.41, 5.74) is 1.86. The number of rotatable bonds is 11. The molecule has 4 aromatic carbocycles. The van der Waals surface area contributed by atoms with Crippen LogP contribution < -0.4 is 16.0 Å². The van der Waals surface area contributed by atoms with E-state index in [2.05, 4.69) is 16.0 Å². The molecule has 44 heavy (non-hydrogen) atoms. The number of carbonyl (C=O) groups is 4. The maximum Gasteiger partial charge on any atom is 0.335 e. The Bertz CT molecular complexity index is 1710. The molecular formula is C33H27Cl2N3O5S. The van der Waals surface area contributed by atoms with Crippen LogP contribution in [0.2, 0.25) is 10.0 Å². The van der Waals surface area contributed by atoms with Crippen LogP contribution in [-0.2, 0) is 9.59 Å². The van der Waals surface area contributed by atoms with Gasteiger partial charge in [-0.1, -0.05) is 60.5 Å². The highest BCUT2D eigenvalue weighted by molar-refractivity contribution is 8.00. The molecule has 0 radical (unpaired) electrons. The average Bonchev–Trinajstić information content (AvgIpc) is 3.01. The molecular weight excluding hydrogens is 621 g/mol. The van der Waals surface area contributed by atoms with Gasteiger partial charge in [-0.3, -0.25) is 14.4 Å². The first-order chi connectivity index (χ1) is 21.1. The Morgan fingerprint density at radius 1 is 0.818 bits per heavy atom. The molecule has 11 heteroatoms. The Kier molecular flexibility index (Phi) is 11.2. The summed E-state index contributed by atoms with van der Waals surface area (Å²) in [5.74, 6) is -2.36. The van der Waals surface area contributed by atoms with Crippen molar-refractivity contribution in [2.45, 2.75) is 23.5 Å². The first kappa shape index (κ1) is 32.3. The van der Waals surface area contributed by atoms with Crippen LogP contribution in [0.1, 0.15) is 39.6 Å². The molecule has 0 aromatic heterocycles. The number of thioether (sulfide) groups is 1. The molecule has 3 amide bonds. The van der Waals surface area contributed by atoms with Crippen molar-refractivity contribution >= 4 is 76.1 Å². The van der Waals surface area contributed by atoms with Crippen LogP contribution in [0.15, 0.2) is 108 Å². The van der Waals surface area contributed by atoms with Crippen molar-refractivity contribution in [3.63, 3.8) is 0 Å². The van der Waals surface area contributed by atoms with Crippen LogP contribution >= 0.6 is 35.0 Å². The Labute approximate surface area is 268 Å². The number of nitrogens with one attached hydrogen (secondary N) is 3. The van der Waals surface area contributed by atoms with E-state index < -0.39 is 23.0 Å². The van der Waals surface area contributed by atoms with Crippen LogP contribution in [0.25, 0.3) is 6.08 Å². The summed E-state index contributed by atoms with van der Waals surface area (Å²) in [5, 5.41) is 17.6. The number of hydrogen-bond acceptors (Lipinski definition) is 5. The van der Waals surface area contributed by atoms with Crippen molar-refractivity contribution in [3.8, 4) is 0 Å². The summed E-state index contributed by atoms with van der Waals surface area (Å²) < 4.78 is 0. The Hall–Kier alpha value is -4.57. The van der Waals surface area contributed by atoms with Crippen molar-refractivity contribution in [1.29, 1.82) is 0 Å². The van der Waals surface area contributed by atoms with Crippen LogP contribution in [-0.4, -0.2) is 34.0 Å². The number of halogens is 2. The second kappa shape index (κ2) is 15.2. The molecule has 4 rings (SSSR count). The highest BCUT2D eigenvalue weighted by Gasteiger charge is 2.20. The van der Waals surface area contributed by atoms with Crippen LogP contribution in [0.4, 0.5) is 11.4 Å². The zero-order valence-electron chi connectivity index (χ0n) is 23.3. The van der Waals surface area contributed by atoms with E-state index in [9.17, 15) is 19.2 Å². The van der Waals surface area contributed by atoms with Crippen molar-refractivity contribution < 1.29 is 24.3 Å². The summed E-state index contributed by atoms with van der Waals surface area (Å²) in [4.78, 5) is 51.2. The van der Waals surface area contributed by atoms with Gasteiger partial charge in [-0.25, -0.2) is 4.79 Å². The maximum atomic E-state index is 13.5. The monoisotopic (exact) mass is 647 g/mol. The van der Waals surface area contributed by atoms with Gasteiger partial charge in [0.15, 0.2) is 0 Å². The smallest absolute Gasteiger partial charge is 0.335 e. The second-order valence-electron chi connectivity index (χ2n) is 9.41. The van der Waals surface area contributed by atoms with Gasteiger partial charge in [-0.2, -0.15) is 0 Å². The Morgan fingerprint density at radius 2 is 1.55 bits per heavy atom. The van der Waals surface area contributed by atoms with Gasteiger partial charge in [0.05, 0.1) is 10.8 Å². The number of amides is 3. The molecule has 1 unspecified atom stereocenters. The molecule has 0 heterocycles. The molecule has 0 aliphatic rings. The highest BCUT2D eigenvalue weighted by Crippen LogP contribution is 2.29. The van der Waals surface area contributed by atoms with Gasteiger partial charge in [-0.15, -0.1) is 11.8 Å². The molecule has 0 saturated heterocycles. The van der Waals surface area contributed by atoms with Gasteiger partial charge in [0.2, 0.25) is 5.91 Å². The first-order valence-corrected chi connectivity index (χ1v) is 15.0. The molecule has 0 aliphatic carbocycles. The number of aromatic carboxylic acids is 1. The van der Waals surface area contributed by atoms with E-state index in [-0.39, 0.29) is 17.2 Å². The van der Waals surface area contributed by atoms with Gasteiger partial charge in [0.25, 0.3) is 11.8 Å². The fraction of sp³-hybridized carbons (Fsp3) is 0.0909. The topological polar surface area (TPSA) is 125 Å². The lowest BCUT2D eigenvalue weighted by molar-refractivity contribution is -0.116. The quantitative estimate of drug-likeness (QED) is 0.0981. The van der Waals surface area contributed by atoms with Gasteiger partial charge < -0.3 is 21.1 Å². The Morgan fingerprint density at radius 3 is 2.20 bits per heavy atom. The van der Waals surface area contributed by atoms with Gasteiger partial charge in [0, 0.05) is 31.9 Å². The fourth-order valence-electron chi connectivity index (χ4n) is 3.97. The molecule has 1 atom stereocenters. The molecule has 4 N–H and O–H groups in total. The molecule has 8 nitrogen and oxygen atoms in total. The van der Waals surface area contributed by atoms with Crippen molar-refractivity contribution in [1.82, 2.24) is 5.32 Å². The Balaban J connectivity index is 1.50. The summed E-state index contributed by atoms with van der Waals surface area (Å²) in [6, 6.07) is 26.2. The number of anilines is 2. The van der Waals surface area contributed by atoms with E-state index in [1.165, 1.54) is 48.2 Å². The first-order valence-electron chi connectivity index (χ1n) is 13.4. The number of carboxylic acid groups (broad SMARTS) is 1. The number of carbonyl (C=O) groups excluding carboxylic acids is 3. The summed E-state index contributed by atoms with van der Waals surface area (Å²) in [6.45, 7) is 1.88. The molecule has 0 spiro atoms. The summed E-state index contributed by atoms with van der Waals surface area (Å²) in [6.07, 6.45) is 1.98. The second-order valence-corrected chi connectivity index (χ2v) is 11.5. The zero-order valence-corrected chi connectivity index (χ0v) is 25.7. The van der Waals surface area contributed by atoms with Crippen LogP contribution in [0.3, 0.4) is 0 Å². The zero-order chi connectivity index (χ0) is 31.6. The third-order valence-electron chi connectivity index (χ3n) is 6.22. The van der Waals surface area contributed by atoms with E-state index >= 15 is 0 Å². The van der Waals surface area contributed by atoms with Crippen molar-refractivity contribution in [3.05, 3.63) is 129 Å². The molecule has 4 aromatic rings. The minimum Gasteiger partial charge on any atom is -0.478 e. The SMILES string of the molecule is CCC(Sc1cccc(NC(=O)/C(=C\c2ccc(Cl)cc2Cl)NC(=O)c2ccccc2)c1)C(=O)Nc1ccc(C(=O)O)cc1. The van der Waals surface area contributed by atoms with Gasteiger partial charge in [0.1, 0.15) is 5.70 Å². The van der Waals surface area contributed by atoms with E-state index in [0.29, 0.717) is 39.0 Å². The lowest BCUT2D eigenvalue weighted by Gasteiger charge is -2.16. The lowest BCUT2D eigenvalue weighted by Crippen LogP contribution is -2.30. The van der Waals surface area contributed by atoms with E-state index in [1.54, 1.807) is 60.7 Å². The van der Waals surface area contributed by atoms with E-state index in [1.807, 2.05) is 13.0 Å². The fourth-order valence-corrected chi connectivity index (χ4v) is 5.44. The molecule has 0 bridgehead atoms. The van der Waals surface area contributed by atoms with Gasteiger partial charge >= 0.3 is 5.97 Å². The number of benzene rings is 4. The van der Waals surface area contributed by atoms with Crippen molar-refractivity contribution in [2.75, 3.05) is 10.6 Å². The van der Waals surface area contributed by atoms with Crippen LogP contribution in [0, 0.1) is 0 Å². The number of hydrogen-bond donors (Lipinski definition) is 4. The largest absolute Gasteiger partial charge is 0.478 e. The lowest BCUT2D eigenvalue weighted by atomic mass is 10.1. The summed E-state index contributed by atoms with van der Waals surface area (Å²) >= 11 is 13.7. The predicted octanol–water partition coefficient (Wildman–Crippen LogP) is 7.61.